The van der Waals surface area contributed by atoms with E-state index in [2.05, 4.69) is 30.3 Å². The normalized spacial score (nSPS) is 20.2. The molecule has 1 saturated carbocycles. The van der Waals surface area contributed by atoms with Crippen molar-refractivity contribution in [1.29, 1.82) is 0 Å². The van der Waals surface area contributed by atoms with E-state index in [-0.39, 0.29) is 17.7 Å². The first-order valence-corrected chi connectivity index (χ1v) is 10.2. The summed E-state index contributed by atoms with van der Waals surface area (Å²) >= 11 is 1.76. The molecular formula is C22H24N2OS. The van der Waals surface area contributed by atoms with Crippen LogP contribution in [0.25, 0.3) is 10.2 Å². The molecule has 1 fully saturated rings. The lowest BCUT2D eigenvalue weighted by Gasteiger charge is -2.32. The molecule has 1 aliphatic carbocycles. The lowest BCUT2D eigenvalue weighted by Crippen LogP contribution is -2.37. The summed E-state index contributed by atoms with van der Waals surface area (Å²) in [6.07, 6.45) is 4.36. The first-order chi connectivity index (χ1) is 12.7. The van der Waals surface area contributed by atoms with Crippen LogP contribution in [0, 0.1) is 5.92 Å². The van der Waals surface area contributed by atoms with Gasteiger partial charge in [0.05, 0.1) is 15.2 Å². The second-order valence-corrected chi connectivity index (χ2v) is 8.26. The van der Waals surface area contributed by atoms with Gasteiger partial charge in [-0.25, -0.2) is 4.98 Å². The average molecular weight is 365 g/mol. The zero-order valence-electron chi connectivity index (χ0n) is 15.1. The molecular weight excluding hydrogens is 340 g/mol. The molecule has 2 aromatic carbocycles. The highest BCUT2D eigenvalue weighted by Crippen LogP contribution is 2.41. The van der Waals surface area contributed by atoms with Gasteiger partial charge in [-0.2, -0.15) is 0 Å². The highest BCUT2D eigenvalue weighted by atomic mass is 32.1. The topological polar surface area (TPSA) is 33.2 Å². The number of nitrogens with zero attached hydrogens (tertiary/aromatic N) is 2. The lowest BCUT2D eigenvalue weighted by molar-refractivity contribution is -0.136. The number of para-hydroxylation sites is 1. The maximum atomic E-state index is 13.2. The highest BCUT2D eigenvalue weighted by Gasteiger charge is 2.35. The van der Waals surface area contributed by atoms with Crippen molar-refractivity contribution in [3.8, 4) is 0 Å². The molecule has 3 nitrogen and oxygen atoms in total. The van der Waals surface area contributed by atoms with Gasteiger partial charge in [0.25, 0.3) is 0 Å². The Balaban J connectivity index is 1.55. The summed E-state index contributed by atoms with van der Waals surface area (Å²) in [5.41, 5.74) is 2.23. The van der Waals surface area contributed by atoms with Crippen molar-refractivity contribution >= 4 is 27.5 Å². The molecule has 0 N–H and O–H groups in total. The van der Waals surface area contributed by atoms with Crippen molar-refractivity contribution in [3.05, 3.63) is 65.2 Å². The fraction of sp³-hybridized carbons (Fsp3) is 0.364. The van der Waals surface area contributed by atoms with Gasteiger partial charge >= 0.3 is 0 Å². The van der Waals surface area contributed by atoms with Crippen molar-refractivity contribution in [1.82, 2.24) is 9.88 Å². The van der Waals surface area contributed by atoms with E-state index in [1.807, 2.05) is 36.2 Å². The molecule has 0 saturated heterocycles. The van der Waals surface area contributed by atoms with Crippen LogP contribution in [0.15, 0.2) is 54.6 Å². The van der Waals surface area contributed by atoms with Crippen LogP contribution in [0.1, 0.15) is 42.2 Å². The van der Waals surface area contributed by atoms with Crippen molar-refractivity contribution in [2.75, 3.05) is 7.05 Å². The third-order valence-corrected chi connectivity index (χ3v) is 6.52. The van der Waals surface area contributed by atoms with E-state index in [4.69, 9.17) is 4.98 Å². The molecule has 0 bridgehead atoms. The molecule has 0 radical (unpaired) electrons. The summed E-state index contributed by atoms with van der Waals surface area (Å²) in [7, 11) is 1.93. The smallest absolute Gasteiger partial charge is 0.226 e. The Morgan fingerprint density at radius 2 is 1.81 bits per heavy atom. The first-order valence-electron chi connectivity index (χ1n) is 9.37. The van der Waals surface area contributed by atoms with Gasteiger partial charge in [-0.1, -0.05) is 55.3 Å². The van der Waals surface area contributed by atoms with Crippen molar-refractivity contribution in [3.63, 3.8) is 0 Å². The predicted octanol–water partition coefficient (Wildman–Crippen LogP) is 5.23. The van der Waals surface area contributed by atoms with Crippen LogP contribution in [0.4, 0.5) is 0 Å². The van der Waals surface area contributed by atoms with E-state index < -0.39 is 0 Å². The average Bonchev–Trinajstić information content (AvgIpc) is 3.12. The minimum absolute atomic E-state index is 0.0537. The Morgan fingerprint density at radius 3 is 2.62 bits per heavy atom. The lowest BCUT2D eigenvalue weighted by atomic mass is 9.78. The maximum absolute atomic E-state index is 13.2. The van der Waals surface area contributed by atoms with Crippen LogP contribution >= 0.6 is 11.3 Å². The van der Waals surface area contributed by atoms with E-state index in [9.17, 15) is 4.79 Å². The molecule has 4 heteroatoms. The van der Waals surface area contributed by atoms with Gasteiger partial charge in [0, 0.05) is 25.4 Å². The quantitative estimate of drug-likeness (QED) is 0.635. The fourth-order valence-corrected chi connectivity index (χ4v) is 5.16. The Morgan fingerprint density at radius 1 is 1.08 bits per heavy atom. The van der Waals surface area contributed by atoms with E-state index in [0.717, 1.165) is 29.8 Å². The van der Waals surface area contributed by atoms with Crippen molar-refractivity contribution < 1.29 is 4.79 Å². The highest BCUT2D eigenvalue weighted by molar-refractivity contribution is 7.18. The molecule has 0 spiro atoms. The number of rotatable bonds is 4. The minimum atomic E-state index is 0.0537. The number of fused-ring (bicyclic) bond motifs is 1. The van der Waals surface area contributed by atoms with E-state index >= 15 is 0 Å². The van der Waals surface area contributed by atoms with Crippen LogP contribution in [0.3, 0.4) is 0 Å². The summed E-state index contributed by atoms with van der Waals surface area (Å²) in [4.78, 5) is 20.0. The number of benzene rings is 2. The molecule has 1 aromatic heterocycles. The molecule has 2 unspecified atom stereocenters. The zero-order valence-corrected chi connectivity index (χ0v) is 15.9. The molecule has 0 aliphatic heterocycles. The standard InChI is InChI=1S/C22H24N2OS/c1-24(15-16-9-3-2-4-10-16)22(25)18-12-6-5-11-17(18)21-23-19-13-7-8-14-20(19)26-21/h2-4,7-10,13-14,17-18H,5-6,11-12,15H2,1H3. The minimum Gasteiger partial charge on any atom is -0.341 e. The Labute approximate surface area is 158 Å². The van der Waals surface area contributed by atoms with Crippen LogP contribution in [-0.4, -0.2) is 22.8 Å². The van der Waals surface area contributed by atoms with Crippen molar-refractivity contribution in [2.45, 2.75) is 38.1 Å². The SMILES string of the molecule is CN(Cc1ccccc1)C(=O)C1CCCCC1c1nc2ccccc2s1. The molecule has 4 rings (SSSR count). The molecule has 1 aliphatic rings. The third-order valence-electron chi connectivity index (χ3n) is 5.35. The molecule has 26 heavy (non-hydrogen) atoms. The second-order valence-electron chi connectivity index (χ2n) is 7.20. The van der Waals surface area contributed by atoms with E-state index in [0.29, 0.717) is 6.54 Å². The van der Waals surface area contributed by atoms with Crippen molar-refractivity contribution in [2.24, 2.45) is 5.92 Å². The molecule has 134 valence electrons. The number of amides is 1. The molecule has 3 aromatic rings. The first kappa shape index (κ1) is 17.2. The van der Waals surface area contributed by atoms with Gasteiger partial charge in [-0.3, -0.25) is 4.79 Å². The van der Waals surface area contributed by atoms with E-state index in [1.165, 1.54) is 16.7 Å². The summed E-state index contributed by atoms with van der Waals surface area (Å²) in [6, 6.07) is 18.5. The Kier molecular flexibility index (Phi) is 5.02. The number of hydrogen-bond donors (Lipinski definition) is 0. The van der Waals surface area contributed by atoms with Gasteiger partial charge < -0.3 is 4.90 Å². The van der Waals surface area contributed by atoms with Gasteiger partial charge in [-0.05, 0) is 30.5 Å². The number of carbonyl (C=O) groups is 1. The van der Waals surface area contributed by atoms with Crippen LogP contribution in [-0.2, 0) is 11.3 Å². The zero-order chi connectivity index (χ0) is 17.9. The number of hydrogen-bond acceptors (Lipinski definition) is 3. The predicted molar refractivity (Wildman–Crippen MR) is 107 cm³/mol. The van der Waals surface area contributed by atoms with Gasteiger partial charge in [-0.15, -0.1) is 11.3 Å². The number of thiazole rings is 1. The maximum Gasteiger partial charge on any atom is 0.226 e. The van der Waals surface area contributed by atoms with Crippen LogP contribution in [0.5, 0.6) is 0 Å². The summed E-state index contributed by atoms with van der Waals surface area (Å²) in [6.45, 7) is 0.669. The fourth-order valence-electron chi connectivity index (χ4n) is 3.99. The van der Waals surface area contributed by atoms with Crippen LogP contribution in [0.2, 0.25) is 0 Å². The number of carbonyl (C=O) groups excluding carboxylic acids is 1. The van der Waals surface area contributed by atoms with Crippen LogP contribution < -0.4 is 0 Å². The number of aromatic nitrogens is 1. The third kappa shape index (κ3) is 3.51. The summed E-state index contributed by atoms with van der Waals surface area (Å²) in [5, 5.41) is 1.14. The van der Waals surface area contributed by atoms with Gasteiger partial charge in [0.2, 0.25) is 5.91 Å². The second kappa shape index (κ2) is 7.58. The summed E-state index contributed by atoms with van der Waals surface area (Å²) in [5.74, 6) is 0.572. The monoisotopic (exact) mass is 364 g/mol. The van der Waals surface area contributed by atoms with Gasteiger partial charge in [0.1, 0.15) is 0 Å². The Hall–Kier alpha value is -2.20. The molecule has 1 heterocycles. The largest absolute Gasteiger partial charge is 0.341 e. The Bertz CT molecular complexity index is 856. The molecule has 1 amide bonds. The molecule has 2 atom stereocenters. The van der Waals surface area contributed by atoms with Gasteiger partial charge in [0.15, 0.2) is 0 Å². The van der Waals surface area contributed by atoms with E-state index in [1.54, 1.807) is 11.3 Å². The summed E-state index contributed by atoms with van der Waals surface area (Å²) < 4.78 is 1.22.